The van der Waals surface area contributed by atoms with E-state index in [2.05, 4.69) is 27.9 Å². The average molecular weight is 265 g/mol. The summed E-state index contributed by atoms with van der Waals surface area (Å²) in [7, 11) is 2.04. The number of nitrogens with zero attached hydrogens (tertiary/aromatic N) is 4. The molecule has 0 aromatic carbocycles. The number of rotatable bonds is 5. The first kappa shape index (κ1) is 14.5. The Morgan fingerprint density at radius 3 is 2.63 bits per heavy atom. The van der Waals surface area contributed by atoms with Crippen molar-refractivity contribution in [1.29, 1.82) is 0 Å². The molecule has 108 valence electrons. The van der Waals surface area contributed by atoms with E-state index in [1.165, 1.54) is 25.2 Å². The minimum atomic E-state index is 0.800. The third-order valence-corrected chi connectivity index (χ3v) is 3.84. The molecule has 1 aromatic rings. The summed E-state index contributed by atoms with van der Waals surface area (Å²) < 4.78 is 2.01. The summed E-state index contributed by atoms with van der Waals surface area (Å²) in [4.78, 5) is 5.08. The number of hydrogen-bond donors (Lipinski definition) is 1. The van der Waals surface area contributed by atoms with Crippen molar-refractivity contribution in [2.75, 3.05) is 39.3 Å². The Morgan fingerprint density at radius 1 is 1.21 bits per heavy atom. The minimum absolute atomic E-state index is 0.800. The van der Waals surface area contributed by atoms with Crippen molar-refractivity contribution in [3.05, 3.63) is 17.5 Å². The van der Waals surface area contributed by atoms with Gasteiger partial charge < -0.3 is 10.6 Å². The third-order valence-electron chi connectivity index (χ3n) is 3.84. The molecule has 2 rings (SSSR count). The first-order valence-corrected chi connectivity index (χ1v) is 7.33. The van der Waals surface area contributed by atoms with Crippen LogP contribution in [-0.2, 0) is 13.6 Å². The van der Waals surface area contributed by atoms with Gasteiger partial charge in [0.25, 0.3) is 0 Å². The molecule has 1 aliphatic rings. The van der Waals surface area contributed by atoms with Gasteiger partial charge in [0.05, 0.1) is 11.4 Å². The maximum absolute atomic E-state index is 5.59. The molecule has 0 saturated carbocycles. The molecule has 1 aromatic heterocycles. The van der Waals surface area contributed by atoms with E-state index < -0.39 is 0 Å². The number of aryl methyl sites for hydroxylation is 2. The normalized spacial score (nSPS) is 18.7. The van der Waals surface area contributed by atoms with Crippen molar-refractivity contribution in [3.8, 4) is 0 Å². The zero-order valence-electron chi connectivity index (χ0n) is 12.3. The molecule has 5 nitrogen and oxygen atoms in total. The van der Waals surface area contributed by atoms with Crippen molar-refractivity contribution in [2.24, 2.45) is 12.8 Å². The van der Waals surface area contributed by atoms with Crippen molar-refractivity contribution in [1.82, 2.24) is 19.6 Å². The highest BCUT2D eigenvalue weighted by molar-refractivity contribution is 5.08. The van der Waals surface area contributed by atoms with Crippen LogP contribution in [0.3, 0.4) is 0 Å². The van der Waals surface area contributed by atoms with E-state index in [1.54, 1.807) is 0 Å². The molecule has 1 aliphatic heterocycles. The van der Waals surface area contributed by atoms with E-state index in [-0.39, 0.29) is 0 Å². The SMILES string of the molecule is Cc1cc(CN2CCCN(CCCN)CC2)n(C)n1. The van der Waals surface area contributed by atoms with Crippen LogP contribution in [0.25, 0.3) is 0 Å². The zero-order valence-corrected chi connectivity index (χ0v) is 12.3. The molecule has 1 fully saturated rings. The van der Waals surface area contributed by atoms with Gasteiger partial charge in [-0.2, -0.15) is 5.10 Å². The predicted molar refractivity (Wildman–Crippen MR) is 78.0 cm³/mol. The summed E-state index contributed by atoms with van der Waals surface area (Å²) in [6.45, 7) is 9.72. The average Bonchev–Trinajstić information content (AvgIpc) is 2.59. The van der Waals surface area contributed by atoms with Crippen LogP contribution in [0.5, 0.6) is 0 Å². The molecule has 0 spiro atoms. The Morgan fingerprint density at radius 2 is 1.95 bits per heavy atom. The standard InChI is InChI=1S/C14H27N5/c1-13-11-14(17(2)16-13)12-19-8-4-7-18(9-10-19)6-3-5-15/h11H,3-10,12,15H2,1-2H3. The van der Waals surface area contributed by atoms with Crippen molar-refractivity contribution >= 4 is 0 Å². The second kappa shape index (κ2) is 7.03. The van der Waals surface area contributed by atoms with Gasteiger partial charge in [-0.25, -0.2) is 0 Å². The van der Waals surface area contributed by atoms with Gasteiger partial charge in [0, 0.05) is 26.7 Å². The van der Waals surface area contributed by atoms with Gasteiger partial charge in [-0.1, -0.05) is 0 Å². The molecule has 0 unspecified atom stereocenters. The van der Waals surface area contributed by atoms with E-state index in [1.807, 2.05) is 11.7 Å². The van der Waals surface area contributed by atoms with Gasteiger partial charge in [0.2, 0.25) is 0 Å². The van der Waals surface area contributed by atoms with Crippen LogP contribution in [0.1, 0.15) is 24.2 Å². The summed E-state index contributed by atoms with van der Waals surface area (Å²) in [5, 5.41) is 4.42. The minimum Gasteiger partial charge on any atom is -0.330 e. The maximum atomic E-state index is 5.59. The van der Waals surface area contributed by atoms with E-state index in [9.17, 15) is 0 Å². The summed E-state index contributed by atoms with van der Waals surface area (Å²) in [5.74, 6) is 0. The lowest BCUT2D eigenvalue weighted by Crippen LogP contribution is -2.32. The monoisotopic (exact) mass is 265 g/mol. The lowest BCUT2D eigenvalue weighted by atomic mass is 10.3. The summed E-state index contributed by atoms with van der Waals surface area (Å²) in [5.41, 5.74) is 8.01. The summed E-state index contributed by atoms with van der Waals surface area (Å²) in [6, 6.07) is 2.19. The third kappa shape index (κ3) is 4.30. The number of nitrogens with two attached hydrogens (primary N) is 1. The van der Waals surface area contributed by atoms with Crippen LogP contribution in [0.4, 0.5) is 0 Å². The highest BCUT2D eigenvalue weighted by Crippen LogP contribution is 2.10. The highest BCUT2D eigenvalue weighted by Gasteiger charge is 2.15. The van der Waals surface area contributed by atoms with Crippen LogP contribution in [-0.4, -0.2) is 58.8 Å². The van der Waals surface area contributed by atoms with Crippen LogP contribution >= 0.6 is 0 Å². The fourth-order valence-corrected chi connectivity index (χ4v) is 2.76. The molecule has 0 aliphatic carbocycles. The molecular formula is C14H27N5. The molecule has 0 atom stereocenters. The zero-order chi connectivity index (χ0) is 13.7. The Hall–Kier alpha value is -0.910. The Bertz CT molecular complexity index is 387. The van der Waals surface area contributed by atoms with Gasteiger partial charge in [-0.3, -0.25) is 9.58 Å². The van der Waals surface area contributed by atoms with Gasteiger partial charge >= 0.3 is 0 Å². The topological polar surface area (TPSA) is 50.3 Å². The Labute approximate surface area is 116 Å². The molecule has 2 heterocycles. The van der Waals surface area contributed by atoms with E-state index in [0.29, 0.717) is 0 Å². The summed E-state index contributed by atoms with van der Waals surface area (Å²) in [6.07, 6.45) is 2.36. The number of hydrogen-bond acceptors (Lipinski definition) is 4. The first-order valence-electron chi connectivity index (χ1n) is 7.33. The molecule has 0 amide bonds. The van der Waals surface area contributed by atoms with Crippen LogP contribution in [0.2, 0.25) is 0 Å². The molecular weight excluding hydrogens is 238 g/mol. The molecule has 1 saturated heterocycles. The quantitative estimate of drug-likeness (QED) is 0.846. The Balaban J connectivity index is 1.84. The maximum Gasteiger partial charge on any atom is 0.0597 e. The largest absolute Gasteiger partial charge is 0.330 e. The number of aromatic nitrogens is 2. The fraction of sp³-hybridized carbons (Fsp3) is 0.786. The van der Waals surface area contributed by atoms with Gasteiger partial charge in [-0.15, -0.1) is 0 Å². The van der Waals surface area contributed by atoms with E-state index >= 15 is 0 Å². The van der Waals surface area contributed by atoms with E-state index in [0.717, 1.165) is 44.8 Å². The van der Waals surface area contributed by atoms with Crippen molar-refractivity contribution < 1.29 is 0 Å². The van der Waals surface area contributed by atoms with Gasteiger partial charge in [0.15, 0.2) is 0 Å². The summed E-state index contributed by atoms with van der Waals surface area (Å²) >= 11 is 0. The molecule has 0 bridgehead atoms. The van der Waals surface area contributed by atoms with Crippen molar-refractivity contribution in [2.45, 2.75) is 26.3 Å². The van der Waals surface area contributed by atoms with Gasteiger partial charge in [-0.05, 0) is 52.0 Å². The van der Waals surface area contributed by atoms with Crippen LogP contribution < -0.4 is 5.73 Å². The molecule has 2 N–H and O–H groups in total. The van der Waals surface area contributed by atoms with Crippen LogP contribution in [0, 0.1) is 6.92 Å². The smallest absolute Gasteiger partial charge is 0.0597 e. The van der Waals surface area contributed by atoms with Crippen molar-refractivity contribution in [3.63, 3.8) is 0 Å². The molecule has 0 radical (unpaired) electrons. The fourth-order valence-electron chi connectivity index (χ4n) is 2.76. The Kier molecular flexibility index (Phi) is 5.36. The first-order chi connectivity index (χ1) is 9.19. The second-order valence-corrected chi connectivity index (χ2v) is 5.51. The van der Waals surface area contributed by atoms with Crippen LogP contribution in [0.15, 0.2) is 6.07 Å². The highest BCUT2D eigenvalue weighted by atomic mass is 15.3. The second-order valence-electron chi connectivity index (χ2n) is 5.51. The lowest BCUT2D eigenvalue weighted by molar-refractivity contribution is 0.247. The van der Waals surface area contributed by atoms with E-state index in [4.69, 9.17) is 5.73 Å². The lowest BCUT2D eigenvalue weighted by Gasteiger charge is -2.21. The predicted octanol–water partition coefficient (Wildman–Crippen LogP) is 0.585. The molecule has 19 heavy (non-hydrogen) atoms. The van der Waals surface area contributed by atoms with Gasteiger partial charge in [0.1, 0.15) is 0 Å². The molecule has 5 heteroatoms.